The summed E-state index contributed by atoms with van der Waals surface area (Å²) in [6.07, 6.45) is 3.26. The summed E-state index contributed by atoms with van der Waals surface area (Å²) in [6.45, 7) is 13.0. The van der Waals surface area contributed by atoms with Gasteiger partial charge >= 0.3 is 6.03 Å². The molecule has 0 spiro atoms. The van der Waals surface area contributed by atoms with Crippen LogP contribution < -0.4 is 0 Å². The Morgan fingerprint density at radius 3 is 2.06 bits per heavy atom. The van der Waals surface area contributed by atoms with Crippen molar-refractivity contribution in [2.75, 3.05) is 19.6 Å². The van der Waals surface area contributed by atoms with Gasteiger partial charge in [0.05, 0.1) is 0 Å². The third-order valence-electron chi connectivity index (χ3n) is 3.16. The molecule has 2 amide bonds. The first-order chi connectivity index (χ1) is 7.62. The van der Waals surface area contributed by atoms with E-state index in [0.29, 0.717) is 6.04 Å². The lowest BCUT2D eigenvalue weighted by Crippen LogP contribution is -2.47. The maximum Gasteiger partial charge on any atom is 0.320 e. The Labute approximate surface area is 101 Å². The van der Waals surface area contributed by atoms with Gasteiger partial charge < -0.3 is 9.80 Å². The fourth-order valence-corrected chi connectivity index (χ4v) is 1.73. The minimum Gasteiger partial charge on any atom is -0.325 e. The van der Waals surface area contributed by atoms with Gasteiger partial charge in [-0.05, 0) is 33.6 Å². The Morgan fingerprint density at radius 2 is 1.69 bits per heavy atom. The number of nitrogens with zero attached hydrogens (tertiary/aromatic N) is 2. The summed E-state index contributed by atoms with van der Waals surface area (Å²) in [4.78, 5) is 16.2. The molecule has 0 heterocycles. The molecule has 0 saturated heterocycles. The molecule has 0 aliphatic rings. The van der Waals surface area contributed by atoms with Crippen molar-refractivity contribution in [3.05, 3.63) is 0 Å². The van der Waals surface area contributed by atoms with Crippen molar-refractivity contribution in [2.24, 2.45) is 0 Å². The number of hydrogen-bond acceptors (Lipinski definition) is 1. The summed E-state index contributed by atoms with van der Waals surface area (Å²) in [5.74, 6) is 0. The number of rotatable bonds is 7. The minimum atomic E-state index is 0.202. The van der Waals surface area contributed by atoms with Gasteiger partial charge in [-0.2, -0.15) is 0 Å². The zero-order chi connectivity index (χ0) is 12.6. The lowest BCUT2D eigenvalue weighted by atomic mass is 10.2. The molecule has 0 saturated carbocycles. The lowest BCUT2D eigenvalue weighted by molar-refractivity contribution is 0.138. The molecule has 0 radical (unpaired) electrons. The molecule has 16 heavy (non-hydrogen) atoms. The third kappa shape index (κ3) is 4.42. The van der Waals surface area contributed by atoms with Crippen LogP contribution in [0.15, 0.2) is 0 Å². The molecular formula is C13H28N2O. The van der Waals surface area contributed by atoms with Gasteiger partial charge in [0.15, 0.2) is 0 Å². The number of unbranched alkanes of at least 4 members (excludes halogenated alkanes) is 1. The molecule has 0 bridgehead atoms. The minimum absolute atomic E-state index is 0.202. The molecule has 0 aromatic carbocycles. The van der Waals surface area contributed by atoms with Gasteiger partial charge in [0, 0.05) is 25.7 Å². The fraction of sp³-hybridized carbons (Fsp3) is 0.923. The summed E-state index contributed by atoms with van der Waals surface area (Å²) < 4.78 is 0. The monoisotopic (exact) mass is 228 g/mol. The predicted octanol–water partition coefficient (Wildman–Crippen LogP) is 3.35. The topological polar surface area (TPSA) is 23.6 Å². The zero-order valence-corrected chi connectivity index (χ0v) is 11.6. The highest BCUT2D eigenvalue weighted by molar-refractivity contribution is 5.74. The van der Waals surface area contributed by atoms with E-state index in [1.165, 1.54) is 0 Å². The van der Waals surface area contributed by atoms with Crippen LogP contribution in [-0.2, 0) is 0 Å². The van der Waals surface area contributed by atoms with E-state index < -0.39 is 0 Å². The Morgan fingerprint density at radius 1 is 1.12 bits per heavy atom. The molecule has 0 aliphatic heterocycles. The van der Waals surface area contributed by atoms with Crippen molar-refractivity contribution < 1.29 is 4.79 Å². The molecular weight excluding hydrogens is 200 g/mol. The summed E-state index contributed by atoms with van der Waals surface area (Å²) >= 11 is 0. The maximum absolute atomic E-state index is 12.3. The molecule has 0 aliphatic carbocycles. The van der Waals surface area contributed by atoms with E-state index >= 15 is 0 Å². The molecule has 0 aromatic heterocycles. The highest BCUT2D eigenvalue weighted by Crippen LogP contribution is 2.09. The van der Waals surface area contributed by atoms with Gasteiger partial charge in [0.2, 0.25) is 0 Å². The van der Waals surface area contributed by atoms with E-state index in [1.807, 2.05) is 23.6 Å². The molecule has 0 N–H and O–H groups in total. The van der Waals surface area contributed by atoms with Crippen LogP contribution in [0.2, 0.25) is 0 Å². The number of carbonyl (C=O) groups is 1. The second kappa shape index (κ2) is 8.43. The third-order valence-corrected chi connectivity index (χ3v) is 3.16. The van der Waals surface area contributed by atoms with E-state index in [4.69, 9.17) is 0 Å². The van der Waals surface area contributed by atoms with Gasteiger partial charge in [-0.15, -0.1) is 0 Å². The summed E-state index contributed by atoms with van der Waals surface area (Å²) in [6, 6.07) is 0.549. The number of urea groups is 1. The second-order valence-electron chi connectivity index (χ2n) is 4.26. The van der Waals surface area contributed by atoms with Crippen LogP contribution in [0.25, 0.3) is 0 Å². The van der Waals surface area contributed by atoms with E-state index in [1.54, 1.807) is 0 Å². The van der Waals surface area contributed by atoms with Crippen molar-refractivity contribution >= 4 is 6.03 Å². The average Bonchev–Trinajstić information content (AvgIpc) is 2.30. The molecule has 3 nitrogen and oxygen atoms in total. The van der Waals surface area contributed by atoms with Crippen LogP contribution >= 0.6 is 0 Å². The van der Waals surface area contributed by atoms with Crippen LogP contribution in [0.3, 0.4) is 0 Å². The quantitative estimate of drug-likeness (QED) is 0.655. The Kier molecular flexibility index (Phi) is 8.04. The first kappa shape index (κ1) is 15.3. The second-order valence-corrected chi connectivity index (χ2v) is 4.26. The Bertz CT molecular complexity index is 190. The predicted molar refractivity (Wildman–Crippen MR) is 69.7 cm³/mol. The zero-order valence-electron chi connectivity index (χ0n) is 11.6. The van der Waals surface area contributed by atoms with Gasteiger partial charge in [-0.1, -0.05) is 20.3 Å². The van der Waals surface area contributed by atoms with Crippen molar-refractivity contribution in [2.45, 2.75) is 59.9 Å². The van der Waals surface area contributed by atoms with E-state index in [9.17, 15) is 4.79 Å². The molecule has 0 fully saturated rings. The van der Waals surface area contributed by atoms with E-state index in [0.717, 1.165) is 38.9 Å². The van der Waals surface area contributed by atoms with Gasteiger partial charge in [0.25, 0.3) is 0 Å². The van der Waals surface area contributed by atoms with Crippen molar-refractivity contribution in [3.8, 4) is 0 Å². The highest BCUT2D eigenvalue weighted by Gasteiger charge is 2.21. The summed E-state index contributed by atoms with van der Waals surface area (Å²) in [7, 11) is 0. The van der Waals surface area contributed by atoms with Crippen molar-refractivity contribution in [1.29, 1.82) is 0 Å². The Balaban J connectivity index is 4.53. The SMILES string of the molecule is CCCCN(C(=O)N(CC)CC)C(C)CC. The molecule has 0 rings (SSSR count). The number of hydrogen-bond donors (Lipinski definition) is 0. The van der Waals surface area contributed by atoms with Crippen LogP contribution in [0.5, 0.6) is 0 Å². The van der Waals surface area contributed by atoms with Gasteiger partial charge in [-0.3, -0.25) is 0 Å². The van der Waals surface area contributed by atoms with Crippen LogP contribution in [-0.4, -0.2) is 41.5 Å². The standard InChI is InChI=1S/C13H28N2O/c1-6-10-11-15(12(5)7-2)13(16)14(8-3)9-4/h12H,6-11H2,1-5H3. The summed E-state index contributed by atoms with van der Waals surface area (Å²) in [5, 5.41) is 0. The highest BCUT2D eigenvalue weighted by atomic mass is 16.2. The number of carbonyl (C=O) groups excluding carboxylic acids is 1. The lowest BCUT2D eigenvalue weighted by Gasteiger charge is -2.33. The summed E-state index contributed by atoms with van der Waals surface area (Å²) in [5.41, 5.74) is 0. The molecule has 1 unspecified atom stereocenters. The molecule has 3 heteroatoms. The Hall–Kier alpha value is -0.730. The number of amides is 2. The normalized spacial score (nSPS) is 12.3. The van der Waals surface area contributed by atoms with E-state index in [-0.39, 0.29) is 6.03 Å². The van der Waals surface area contributed by atoms with Crippen LogP contribution in [0.1, 0.15) is 53.9 Å². The molecule has 96 valence electrons. The first-order valence-corrected chi connectivity index (χ1v) is 6.67. The molecule has 1 atom stereocenters. The van der Waals surface area contributed by atoms with Crippen LogP contribution in [0, 0.1) is 0 Å². The molecule has 0 aromatic rings. The first-order valence-electron chi connectivity index (χ1n) is 6.67. The van der Waals surface area contributed by atoms with Crippen molar-refractivity contribution in [3.63, 3.8) is 0 Å². The van der Waals surface area contributed by atoms with Crippen LogP contribution in [0.4, 0.5) is 4.79 Å². The van der Waals surface area contributed by atoms with Crippen molar-refractivity contribution in [1.82, 2.24) is 9.80 Å². The van der Waals surface area contributed by atoms with Gasteiger partial charge in [0.1, 0.15) is 0 Å². The van der Waals surface area contributed by atoms with Gasteiger partial charge in [-0.25, -0.2) is 4.79 Å². The largest absolute Gasteiger partial charge is 0.325 e. The fourth-order valence-electron chi connectivity index (χ4n) is 1.73. The average molecular weight is 228 g/mol. The van der Waals surface area contributed by atoms with E-state index in [2.05, 4.69) is 20.8 Å². The maximum atomic E-state index is 12.3. The smallest absolute Gasteiger partial charge is 0.320 e.